The van der Waals surface area contributed by atoms with Gasteiger partial charge in [0.1, 0.15) is 0 Å². The van der Waals surface area contributed by atoms with Gasteiger partial charge < -0.3 is 15.5 Å². The normalized spacial score (nSPS) is 19.6. The molecule has 0 aromatic heterocycles. The van der Waals surface area contributed by atoms with Gasteiger partial charge in [0.2, 0.25) is 5.91 Å². The second kappa shape index (κ2) is 7.89. The molecule has 25 heavy (non-hydrogen) atoms. The van der Waals surface area contributed by atoms with Gasteiger partial charge in [0.25, 0.3) is 0 Å². The standard InChI is InChI=1S/C20H24ClN3O/c1-24(2)17-9-3-14(4-10-17)11-23-20(25)19-13-22-12-18(19)15-5-7-16(21)8-6-15/h3-10,18-19,22H,11-13H2,1-2H3,(H,23,25)/t18-,19+/m0/s1. The topological polar surface area (TPSA) is 44.4 Å². The molecule has 0 aliphatic carbocycles. The summed E-state index contributed by atoms with van der Waals surface area (Å²) in [5, 5.41) is 7.14. The SMILES string of the molecule is CN(C)c1ccc(CNC(=O)[C@@H]2CNC[C@H]2c2ccc(Cl)cc2)cc1. The Morgan fingerprint density at radius 2 is 1.80 bits per heavy atom. The minimum atomic E-state index is -0.0535. The number of halogens is 1. The van der Waals surface area contributed by atoms with Gasteiger partial charge in [-0.3, -0.25) is 4.79 Å². The first-order valence-corrected chi connectivity index (χ1v) is 8.92. The molecule has 0 saturated carbocycles. The van der Waals surface area contributed by atoms with E-state index in [0.29, 0.717) is 13.1 Å². The van der Waals surface area contributed by atoms with E-state index in [1.54, 1.807) is 0 Å². The Bertz CT molecular complexity index is 713. The van der Waals surface area contributed by atoms with Gasteiger partial charge in [0.05, 0.1) is 5.92 Å². The predicted molar refractivity (Wildman–Crippen MR) is 103 cm³/mol. The van der Waals surface area contributed by atoms with Crippen LogP contribution in [0.1, 0.15) is 17.0 Å². The largest absolute Gasteiger partial charge is 0.378 e. The zero-order valence-electron chi connectivity index (χ0n) is 14.6. The van der Waals surface area contributed by atoms with Crippen LogP contribution in [0.15, 0.2) is 48.5 Å². The number of anilines is 1. The summed E-state index contributed by atoms with van der Waals surface area (Å²) < 4.78 is 0. The lowest BCUT2D eigenvalue weighted by molar-refractivity contribution is -0.125. The zero-order chi connectivity index (χ0) is 17.8. The van der Waals surface area contributed by atoms with E-state index in [1.165, 1.54) is 0 Å². The molecule has 4 nitrogen and oxygen atoms in total. The molecule has 3 rings (SSSR count). The highest BCUT2D eigenvalue weighted by Crippen LogP contribution is 2.29. The van der Waals surface area contributed by atoms with E-state index in [2.05, 4.69) is 39.8 Å². The Morgan fingerprint density at radius 3 is 2.44 bits per heavy atom. The first kappa shape index (κ1) is 17.8. The summed E-state index contributed by atoms with van der Waals surface area (Å²) in [4.78, 5) is 14.7. The molecule has 0 bridgehead atoms. The van der Waals surface area contributed by atoms with E-state index >= 15 is 0 Å². The van der Waals surface area contributed by atoms with Crippen LogP contribution >= 0.6 is 11.6 Å². The summed E-state index contributed by atoms with van der Waals surface area (Å²) >= 11 is 5.97. The number of nitrogens with zero attached hydrogens (tertiary/aromatic N) is 1. The number of rotatable bonds is 5. The van der Waals surface area contributed by atoms with Crippen LogP contribution in [-0.2, 0) is 11.3 Å². The number of hydrogen-bond donors (Lipinski definition) is 2. The first-order chi connectivity index (χ1) is 12.0. The summed E-state index contributed by atoms with van der Waals surface area (Å²) in [5.41, 5.74) is 3.41. The van der Waals surface area contributed by atoms with Crippen molar-refractivity contribution in [2.45, 2.75) is 12.5 Å². The van der Waals surface area contributed by atoms with Crippen LogP contribution in [-0.4, -0.2) is 33.1 Å². The van der Waals surface area contributed by atoms with Crippen LogP contribution in [0.25, 0.3) is 0 Å². The molecule has 1 heterocycles. The first-order valence-electron chi connectivity index (χ1n) is 8.55. The number of benzene rings is 2. The Hall–Kier alpha value is -2.04. The Balaban J connectivity index is 1.61. The van der Waals surface area contributed by atoms with Gasteiger partial charge in [0, 0.05) is 50.4 Å². The van der Waals surface area contributed by atoms with Crippen molar-refractivity contribution in [1.82, 2.24) is 10.6 Å². The Labute approximate surface area is 154 Å². The van der Waals surface area contributed by atoms with Crippen molar-refractivity contribution in [2.75, 3.05) is 32.1 Å². The van der Waals surface area contributed by atoms with E-state index in [4.69, 9.17) is 11.6 Å². The predicted octanol–water partition coefficient (Wildman–Crippen LogP) is 3.03. The van der Waals surface area contributed by atoms with Gasteiger partial charge in [-0.1, -0.05) is 35.9 Å². The number of carbonyl (C=O) groups is 1. The molecule has 1 amide bonds. The van der Waals surface area contributed by atoms with Gasteiger partial charge >= 0.3 is 0 Å². The van der Waals surface area contributed by atoms with Crippen LogP contribution in [0.3, 0.4) is 0 Å². The van der Waals surface area contributed by atoms with Gasteiger partial charge in [0.15, 0.2) is 0 Å². The molecule has 1 aliphatic rings. The van der Waals surface area contributed by atoms with Crippen LogP contribution in [0.5, 0.6) is 0 Å². The molecule has 2 aromatic rings. The molecule has 1 fully saturated rings. The molecule has 0 unspecified atom stereocenters. The summed E-state index contributed by atoms with van der Waals surface area (Å²) in [6.45, 7) is 2.08. The number of hydrogen-bond acceptors (Lipinski definition) is 3. The van der Waals surface area contributed by atoms with Crippen molar-refractivity contribution in [1.29, 1.82) is 0 Å². The lowest BCUT2D eigenvalue weighted by Gasteiger charge is -2.19. The molecule has 2 N–H and O–H groups in total. The van der Waals surface area contributed by atoms with Crippen molar-refractivity contribution in [3.05, 3.63) is 64.7 Å². The molecular formula is C20H24ClN3O. The second-order valence-corrected chi connectivity index (χ2v) is 7.14. The Morgan fingerprint density at radius 1 is 1.12 bits per heavy atom. The maximum atomic E-state index is 12.7. The summed E-state index contributed by atoms with van der Waals surface area (Å²) in [7, 11) is 4.03. The summed E-state index contributed by atoms with van der Waals surface area (Å²) in [5.74, 6) is 0.234. The van der Waals surface area contributed by atoms with Crippen molar-refractivity contribution < 1.29 is 4.79 Å². The highest BCUT2D eigenvalue weighted by Gasteiger charge is 2.33. The summed E-state index contributed by atoms with van der Waals surface area (Å²) in [6.07, 6.45) is 0. The molecule has 2 aromatic carbocycles. The Kier molecular flexibility index (Phi) is 5.61. The van der Waals surface area contributed by atoms with E-state index in [9.17, 15) is 4.79 Å². The molecule has 1 saturated heterocycles. The maximum absolute atomic E-state index is 12.7. The fourth-order valence-electron chi connectivity index (χ4n) is 3.25. The minimum Gasteiger partial charge on any atom is -0.378 e. The van der Waals surface area contributed by atoms with Crippen LogP contribution in [0, 0.1) is 5.92 Å². The quantitative estimate of drug-likeness (QED) is 0.864. The van der Waals surface area contributed by atoms with Gasteiger partial charge in [-0.25, -0.2) is 0 Å². The molecular weight excluding hydrogens is 334 g/mol. The van der Waals surface area contributed by atoms with E-state index in [1.807, 2.05) is 38.4 Å². The van der Waals surface area contributed by atoms with Gasteiger partial charge in [-0.05, 0) is 35.4 Å². The third-order valence-electron chi connectivity index (χ3n) is 4.77. The third kappa shape index (κ3) is 4.33. The van der Waals surface area contributed by atoms with Gasteiger partial charge in [-0.2, -0.15) is 0 Å². The number of nitrogens with one attached hydrogen (secondary N) is 2. The lowest BCUT2D eigenvalue weighted by Crippen LogP contribution is -2.34. The fraction of sp³-hybridized carbons (Fsp3) is 0.350. The van der Waals surface area contributed by atoms with Crippen molar-refractivity contribution in [3.63, 3.8) is 0 Å². The van der Waals surface area contributed by atoms with Gasteiger partial charge in [-0.15, -0.1) is 0 Å². The molecule has 5 heteroatoms. The monoisotopic (exact) mass is 357 g/mol. The molecule has 132 valence electrons. The maximum Gasteiger partial charge on any atom is 0.225 e. The third-order valence-corrected chi connectivity index (χ3v) is 5.02. The van der Waals surface area contributed by atoms with E-state index in [0.717, 1.165) is 28.4 Å². The van der Waals surface area contributed by atoms with Crippen molar-refractivity contribution in [3.8, 4) is 0 Å². The van der Waals surface area contributed by atoms with Crippen molar-refractivity contribution >= 4 is 23.2 Å². The van der Waals surface area contributed by atoms with Crippen LogP contribution in [0.4, 0.5) is 5.69 Å². The smallest absolute Gasteiger partial charge is 0.225 e. The average molecular weight is 358 g/mol. The second-order valence-electron chi connectivity index (χ2n) is 6.70. The highest BCUT2D eigenvalue weighted by atomic mass is 35.5. The molecule has 0 spiro atoms. The number of carbonyl (C=O) groups excluding carboxylic acids is 1. The zero-order valence-corrected chi connectivity index (χ0v) is 15.4. The van der Waals surface area contributed by atoms with Crippen LogP contribution < -0.4 is 15.5 Å². The lowest BCUT2D eigenvalue weighted by atomic mass is 9.88. The van der Waals surface area contributed by atoms with Crippen molar-refractivity contribution in [2.24, 2.45) is 5.92 Å². The molecule has 1 aliphatic heterocycles. The molecule has 2 atom stereocenters. The van der Waals surface area contributed by atoms with E-state index < -0.39 is 0 Å². The minimum absolute atomic E-state index is 0.0535. The number of amides is 1. The van der Waals surface area contributed by atoms with Crippen LogP contribution in [0.2, 0.25) is 5.02 Å². The van der Waals surface area contributed by atoms with E-state index in [-0.39, 0.29) is 17.7 Å². The fourth-order valence-corrected chi connectivity index (χ4v) is 3.37. The average Bonchev–Trinajstić information content (AvgIpc) is 3.10. The summed E-state index contributed by atoms with van der Waals surface area (Å²) in [6, 6.07) is 16.0. The highest BCUT2D eigenvalue weighted by molar-refractivity contribution is 6.30. The molecule has 0 radical (unpaired) electrons.